The Morgan fingerprint density at radius 1 is 0.550 bits per heavy atom. The summed E-state index contributed by atoms with van der Waals surface area (Å²) >= 11 is 0. The maximum Gasteiger partial charge on any atom is 0.395 e. The van der Waals surface area contributed by atoms with E-state index in [0.29, 0.717) is 17.9 Å². The van der Waals surface area contributed by atoms with E-state index in [4.69, 9.17) is 13.8 Å². The van der Waals surface area contributed by atoms with Crippen molar-refractivity contribution in [3.05, 3.63) is 98.6 Å². The lowest BCUT2D eigenvalue weighted by molar-refractivity contribution is 0.0497. The summed E-state index contributed by atoms with van der Waals surface area (Å²) in [6.07, 6.45) is 17.4. The summed E-state index contributed by atoms with van der Waals surface area (Å²) in [6, 6.07) is 16.8. The molecule has 1 atom stereocenters. The van der Waals surface area contributed by atoms with Crippen molar-refractivity contribution in [3.8, 4) is 5.75 Å². The maximum absolute atomic E-state index is 13.7. The average Bonchev–Trinajstić information content (AvgIpc) is 3.14. The molecule has 0 spiro atoms. The molecule has 3 rings (SSSR count). The zero-order valence-electron chi connectivity index (χ0n) is 40.8. The van der Waals surface area contributed by atoms with Crippen molar-refractivity contribution in [1.82, 2.24) is 0 Å². The van der Waals surface area contributed by atoms with Crippen molar-refractivity contribution in [2.45, 2.75) is 222 Å². The second kappa shape index (κ2) is 23.1. The smallest absolute Gasteiger partial charge is 0.395 e. The van der Waals surface area contributed by atoms with Gasteiger partial charge in [-0.15, -0.1) is 0 Å². The van der Waals surface area contributed by atoms with E-state index in [0.717, 1.165) is 35.1 Å². The number of carbonyl (C=O) groups excluding carboxylic acids is 1. The molecule has 0 aliphatic carbocycles. The molecule has 0 fully saturated rings. The Kier molecular flexibility index (Phi) is 19.9. The molecule has 1 N–H and O–H groups in total. The van der Waals surface area contributed by atoms with E-state index < -0.39 is 25.5 Å². The standard InChI is InChI=1S/C54H85O5P/c1-16-17-18-19-20-21-22-23-24-25-26-27-28-29-34-57-50(55)41-37-46(53(10,11)12)49(47(38-41)54(13,14)15)59-60(56)58-48(42-32-30-39(2)35-44(42)51(4,5)6)43-33-31-40(3)36-45(43)52(7,8)9/h30-33,35-38,48,56H,16-29,34H2,1-15H3. The molecule has 1 unspecified atom stereocenters. The summed E-state index contributed by atoms with van der Waals surface area (Å²) in [4.78, 5) is 25.8. The van der Waals surface area contributed by atoms with E-state index >= 15 is 0 Å². The van der Waals surface area contributed by atoms with Gasteiger partial charge in [-0.25, -0.2) is 4.79 Å². The van der Waals surface area contributed by atoms with Crippen molar-refractivity contribution in [1.29, 1.82) is 0 Å². The van der Waals surface area contributed by atoms with E-state index in [-0.39, 0.29) is 16.8 Å². The van der Waals surface area contributed by atoms with E-state index in [2.05, 4.69) is 140 Å². The van der Waals surface area contributed by atoms with Crippen LogP contribution >= 0.6 is 8.60 Å². The number of unbranched alkanes of at least 4 members (excludes halogenated alkanes) is 13. The molecule has 0 aliphatic heterocycles. The van der Waals surface area contributed by atoms with Gasteiger partial charge in [-0.05, 0) is 76.3 Å². The van der Waals surface area contributed by atoms with Crippen LogP contribution in [-0.2, 0) is 30.9 Å². The summed E-state index contributed by atoms with van der Waals surface area (Å²) in [6.45, 7) is 32.9. The lowest BCUT2D eigenvalue weighted by Gasteiger charge is -2.34. The maximum atomic E-state index is 13.7. The zero-order chi connectivity index (χ0) is 44.9. The minimum atomic E-state index is -2.45. The molecule has 60 heavy (non-hydrogen) atoms. The Morgan fingerprint density at radius 2 is 0.917 bits per heavy atom. The number of aryl methyl sites for hydroxylation is 2. The van der Waals surface area contributed by atoms with Crippen molar-refractivity contribution < 1.29 is 23.5 Å². The number of hydrogen-bond acceptors (Lipinski definition) is 5. The molecular formula is C54H85O5P. The fourth-order valence-electron chi connectivity index (χ4n) is 8.07. The van der Waals surface area contributed by atoms with Crippen molar-refractivity contribution in [2.24, 2.45) is 0 Å². The van der Waals surface area contributed by atoms with Gasteiger partial charge in [0.2, 0.25) is 0 Å². The van der Waals surface area contributed by atoms with Crippen LogP contribution in [0.1, 0.15) is 241 Å². The van der Waals surface area contributed by atoms with E-state index in [1.807, 2.05) is 12.1 Å². The Labute approximate surface area is 369 Å². The fourth-order valence-corrected chi connectivity index (χ4v) is 8.87. The third kappa shape index (κ3) is 16.2. The van der Waals surface area contributed by atoms with Gasteiger partial charge >= 0.3 is 14.6 Å². The highest BCUT2D eigenvalue weighted by atomic mass is 31.2. The largest absolute Gasteiger partial charge is 0.462 e. The number of rotatable bonds is 22. The first-order valence-corrected chi connectivity index (χ1v) is 24.5. The lowest BCUT2D eigenvalue weighted by atomic mass is 9.77. The molecule has 336 valence electrons. The summed E-state index contributed by atoms with van der Waals surface area (Å²) < 4.78 is 19.4. The minimum Gasteiger partial charge on any atom is -0.462 e. The van der Waals surface area contributed by atoms with Gasteiger partial charge in [-0.3, -0.25) is 4.52 Å². The van der Waals surface area contributed by atoms with Gasteiger partial charge in [0.15, 0.2) is 0 Å². The van der Waals surface area contributed by atoms with Gasteiger partial charge in [-0.2, -0.15) is 0 Å². The molecular weight excluding hydrogens is 760 g/mol. The second-order valence-electron chi connectivity index (χ2n) is 21.6. The molecule has 3 aromatic carbocycles. The molecule has 0 saturated carbocycles. The summed E-state index contributed by atoms with van der Waals surface area (Å²) in [7, 11) is -2.45. The monoisotopic (exact) mass is 845 g/mol. The van der Waals surface area contributed by atoms with Crippen molar-refractivity contribution in [3.63, 3.8) is 0 Å². The SMILES string of the molecule is CCCCCCCCCCCCCCCCOC(=O)c1cc(C(C)(C)C)c(OP(O)OC(c2ccc(C)cc2C(C)(C)C)c2ccc(C)cc2C(C)(C)C)c(C(C)(C)C)c1. The molecule has 6 heteroatoms. The van der Waals surface area contributed by atoms with Crippen molar-refractivity contribution in [2.75, 3.05) is 6.61 Å². The topological polar surface area (TPSA) is 65.0 Å². The molecule has 0 saturated heterocycles. The molecule has 0 aliphatic rings. The molecule has 0 bridgehead atoms. The van der Waals surface area contributed by atoms with Crippen LogP contribution < -0.4 is 4.52 Å². The first kappa shape index (κ1) is 51.6. The molecule has 3 aromatic rings. The van der Waals surface area contributed by atoms with Crippen LogP contribution in [0.5, 0.6) is 5.75 Å². The van der Waals surface area contributed by atoms with Crippen molar-refractivity contribution >= 4 is 14.6 Å². The van der Waals surface area contributed by atoms with Crippen LogP contribution in [0.15, 0.2) is 48.5 Å². The second-order valence-corrected chi connectivity index (χ2v) is 22.5. The predicted molar refractivity (Wildman–Crippen MR) is 257 cm³/mol. The average molecular weight is 845 g/mol. The summed E-state index contributed by atoms with van der Waals surface area (Å²) in [5.74, 6) is 0.240. The quantitative estimate of drug-likeness (QED) is 0.0620. The molecule has 0 heterocycles. The first-order valence-electron chi connectivity index (χ1n) is 23.4. The van der Waals surface area contributed by atoms with E-state index in [9.17, 15) is 9.69 Å². The fraction of sp³-hybridized carbons (Fsp3) is 0.648. The van der Waals surface area contributed by atoms with Crippen LogP contribution in [0.25, 0.3) is 0 Å². The third-order valence-electron chi connectivity index (χ3n) is 11.6. The number of benzene rings is 3. The number of esters is 1. The van der Waals surface area contributed by atoms with Crippen LogP contribution in [0.3, 0.4) is 0 Å². The Bertz CT molecular complexity index is 1680. The molecule has 5 nitrogen and oxygen atoms in total. The molecule has 0 amide bonds. The predicted octanol–water partition coefficient (Wildman–Crippen LogP) is 16.5. The van der Waals surface area contributed by atoms with Gasteiger partial charge in [0, 0.05) is 11.1 Å². The van der Waals surface area contributed by atoms with Gasteiger partial charge in [0.05, 0.1) is 12.2 Å². The minimum absolute atomic E-state index is 0.176. The Morgan fingerprint density at radius 3 is 1.28 bits per heavy atom. The van der Waals surface area contributed by atoms with E-state index in [1.54, 1.807) is 0 Å². The number of ether oxygens (including phenoxy) is 1. The van der Waals surface area contributed by atoms with Crippen LogP contribution in [-0.4, -0.2) is 17.5 Å². The highest BCUT2D eigenvalue weighted by Gasteiger charge is 2.35. The van der Waals surface area contributed by atoms with Crippen LogP contribution in [0.2, 0.25) is 0 Å². The number of carbonyl (C=O) groups is 1. The van der Waals surface area contributed by atoms with Gasteiger partial charge < -0.3 is 14.2 Å². The highest BCUT2D eigenvalue weighted by Crippen LogP contribution is 2.51. The van der Waals surface area contributed by atoms with Crippen LogP contribution in [0, 0.1) is 13.8 Å². The molecule has 0 radical (unpaired) electrons. The summed E-state index contributed by atoms with van der Waals surface area (Å²) in [5, 5.41) is 0. The van der Waals surface area contributed by atoms with Gasteiger partial charge in [0.1, 0.15) is 11.9 Å². The normalized spacial score (nSPS) is 13.2. The zero-order valence-corrected chi connectivity index (χ0v) is 41.7. The Hall–Kier alpha value is -2.72. The lowest BCUT2D eigenvalue weighted by Crippen LogP contribution is -2.23. The number of hydrogen-bond donors (Lipinski definition) is 1. The summed E-state index contributed by atoms with van der Waals surface area (Å²) in [5.41, 5.74) is 7.69. The van der Waals surface area contributed by atoms with Gasteiger partial charge in [0.25, 0.3) is 0 Å². The highest BCUT2D eigenvalue weighted by molar-refractivity contribution is 7.41. The van der Waals surface area contributed by atoms with E-state index in [1.165, 1.54) is 99.3 Å². The first-order chi connectivity index (χ1) is 27.9. The third-order valence-corrected chi connectivity index (χ3v) is 12.4. The van der Waals surface area contributed by atoms with Crippen LogP contribution in [0.4, 0.5) is 0 Å². The Balaban J connectivity index is 1.83. The van der Waals surface area contributed by atoms with Gasteiger partial charge in [-0.1, -0.05) is 221 Å². The molecule has 0 aromatic heterocycles.